The molecule has 0 bridgehead atoms. The summed E-state index contributed by atoms with van der Waals surface area (Å²) in [5.41, 5.74) is 2.04. The van der Waals surface area contributed by atoms with Gasteiger partial charge < -0.3 is 23.7 Å². The van der Waals surface area contributed by atoms with Gasteiger partial charge in [-0.3, -0.25) is 4.79 Å². The van der Waals surface area contributed by atoms with E-state index in [1.54, 1.807) is 12.7 Å². The fourth-order valence-corrected chi connectivity index (χ4v) is 9.64. The van der Waals surface area contributed by atoms with E-state index in [1.165, 1.54) is 45.6 Å². The van der Waals surface area contributed by atoms with Gasteiger partial charge in [0, 0.05) is 31.8 Å². The number of allylic oxidation sites excluding steroid dienone is 3. The lowest BCUT2D eigenvalue weighted by Crippen LogP contribution is -2.56. The van der Waals surface area contributed by atoms with E-state index in [0.717, 1.165) is 64.1 Å². The molecule has 1 spiro atoms. The molecular formula is C34H54O6. The van der Waals surface area contributed by atoms with Gasteiger partial charge in [0.05, 0.1) is 26.4 Å². The van der Waals surface area contributed by atoms with Gasteiger partial charge in [0.1, 0.15) is 6.79 Å². The third-order valence-electron chi connectivity index (χ3n) is 11.6. The molecule has 0 aromatic heterocycles. The van der Waals surface area contributed by atoms with Crippen LogP contribution in [-0.2, 0) is 28.5 Å². The van der Waals surface area contributed by atoms with Crippen LogP contribution in [0.25, 0.3) is 0 Å². The quantitative estimate of drug-likeness (QED) is 0.108. The summed E-state index contributed by atoms with van der Waals surface area (Å²) in [6, 6.07) is 0. The van der Waals surface area contributed by atoms with Crippen LogP contribution in [0.15, 0.2) is 23.8 Å². The number of carbonyl (C=O) groups is 1. The first kappa shape index (κ1) is 30.3. The Kier molecular flexibility index (Phi) is 9.81. The molecule has 5 aliphatic rings. The Bertz CT molecular complexity index is 921. The molecule has 0 aromatic rings. The Morgan fingerprint density at radius 1 is 1.00 bits per heavy atom. The highest BCUT2D eigenvalue weighted by Gasteiger charge is 2.62. The fraction of sp³-hybridized carbons (Fsp3) is 0.853. The van der Waals surface area contributed by atoms with E-state index >= 15 is 0 Å². The molecule has 0 aromatic carbocycles. The number of ether oxygens (including phenoxy) is 5. The van der Waals surface area contributed by atoms with Crippen molar-refractivity contribution >= 4 is 5.97 Å². The molecule has 5 rings (SSSR count). The summed E-state index contributed by atoms with van der Waals surface area (Å²) in [6.45, 7) is 6.97. The average Bonchev–Trinajstić information content (AvgIpc) is 3.54. The monoisotopic (exact) mass is 558 g/mol. The maximum atomic E-state index is 11.3. The van der Waals surface area contributed by atoms with Gasteiger partial charge in [-0.1, -0.05) is 50.5 Å². The van der Waals surface area contributed by atoms with Gasteiger partial charge in [-0.05, 0) is 86.9 Å². The number of hydrogen-bond acceptors (Lipinski definition) is 6. The van der Waals surface area contributed by atoms with Crippen molar-refractivity contribution in [3.05, 3.63) is 23.8 Å². The summed E-state index contributed by atoms with van der Waals surface area (Å²) >= 11 is 0. The lowest BCUT2D eigenvalue weighted by atomic mass is 9.44. The number of rotatable bonds is 12. The second kappa shape index (κ2) is 13.0. The molecule has 226 valence electrons. The number of hydrogen-bond donors (Lipinski definition) is 0. The standard InChI is InChI=1S/C34H54O6/c1-32-18-19-34(39-20-21-40-34)23-26(32)14-15-27-28-16-17-29(38-24-36-3)33(28,2)22-25(31(27)32)12-10-8-6-5-7-9-11-13-30(35)37-4/h8,10,22,26-29,31H,5-7,9,11-21,23-24H2,1-4H3/t26-,27-,28-,29-,31-,32-,33-/m0/s1. The predicted octanol–water partition coefficient (Wildman–Crippen LogP) is 7.37. The highest BCUT2D eigenvalue weighted by molar-refractivity contribution is 5.68. The molecule has 6 heteroatoms. The van der Waals surface area contributed by atoms with Gasteiger partial charge in [-0.2, -0.15) is 0 Å². The van der Waals surface area contributed by atoms with Gasteiger partial charge in [-0.25, -0.2) is 0 Å². The highest BCUT2D eigenvalue weighted by Crippen LogP contribution is 2.67. The topological polar surface area (TPSA) is 63.2 Å². The van der Waals surface area contributed by atoms with E-state index in [0.29, 0.717) is 36.4 Å². The van der Waals surface area contributed by atoms with Crippen molar-refractivity contribution in [2.75, 3.05) is 34.2 Å². The van der Waals surface area contributed by atoms with Gasteiger partial charge in [0.2, 0.25) is 0 Å². The lowest BCUT2D eigenvalue weighted by Gasteiger charge is -2.61. The van der Waals surface area contributed by atoms with Crippen LogP contribution in [0.1, 0.15) is 104 Å². The second-order valence-corrected chi connectivity index (χ2v) is 13.8. The summed E-state index contributed by atoms with van der Waals surface area (Å²) in [7, 11) is 3.20. The summed E-state index contributed by atoms with van der Waals surface area (Å²) in [5.74, 6) is 2.29. The molecular weight excluding hydrogens is 504 g/mol. The minimum Gasteiger partial charge on any atom is -0.469 e. The minimum atomic E-state index is -0.312. The molecule has 6 nitrogen and oxygen atoms in total. The van der Waals surface area contributed by atoms with Crippen LogP contribution < -0.4 is 0 Å². The van der Waals surface area contributed by atoms with Crippen molar-refractivity contribution in [2.45, 2.75) is 116 Å². The maximum absolute atomic E-state index is 11.3. The molecule has 1 aliphatic heterocycles. The van der Waals surface area contributed by atoms with E-state index in [2.05, 4.69) is 32.1 Å². The average molecular weight is 559 g/mol. The molecule has 1 saturated heterocycles. The van der Waals surface area contributed by atoms with Gasteiger partial charge in [0.25, 0.3) is 0 Å². The van der Waals surface area contributed by atoms with Crippen molar-refractivity contribution in [3.8, 4) is 0 Å². The van der Waals surface area contributed by atoms with Crippen molar-refractivity contribution in [1.29, 1.82) is 0 Å². The van der Waals surface area contributed by atoms with Gasteiger partial charge >= 0.3 is 5.97 Å². The fourth-order valence-electron chi connectivity index (χ4n) is 9.64. The Hall–Kier alpha value is -1.21. The first-order valence-electron chi connectivity index (χ1n) is 16.2. The summed E-state index contributed by atoms with van der Waals surface area (Å²) < 4.78 is 28.8. The second-order valence-electron chi connectivity index (χ2n) is 13.8. The van der Waals surface area contributed by atoms with E-state index in [4.69, 9.17) is 23.7 Å². The Labute approximate surface area is 242 Å². The Balaban J connectivity index is 1.29. The van der Waals surface area contributed by atoms with Crippen LogP contribution in [0.4, 0.5) is 0 Å². The van der Waals surface area contributed by atoms with Crippen molar-refractivity contribution in [3.63, 3.8) is 0 Å². The maximum Gasteiger partial charge on any atom is 0.305 e. The van der Waals surface area contributed by atoms with Crippen molar-refractivity contribution in [1.82, 2.24) is 0 Å². The van der Waals surface area contributed by atoms with E-state index in [1.807, 2.05) is 0 Å². The molecule has 40 heavy (non-hydrogen) atoms. The predicted molar refractivity (Wildman–Crippen MR) is 155 cm³/mol. The summed E-state index contributed by atoms with van der Waals surface area (Å²) in [4.78, 5) is 11.3. The van der Waals surface area contributed by atoms with Crippen molar-refractivity contribution < 1.29 is 28.5 Å². The molecule has 4 fully saturated rings. The molecule has 0 amide bonds. The Morgan fingerprint density at radius 2 is 1.80 bits per heavy atom. The molecule has 1 heterocycles. The first-order valence-corrected chi connectivity index (χ1v) is 16.2. The van der Waals surface area contributed by atoms with Crippen molar-refractivity contribution in [2.24, 2.45) is 34.5 Å². The van der Waals surface area contributed by atoms with Crippen LogP contribution in [0.3, 0.4) is 0 Å². The number of methoxy groups -OCH3 is 2. The summed E-state index contributed by atoms with van der Waals surface area (Å²) in [5, 5.41) is 0. The molecule has 0 unspecified atom stereocenters. The van der Waals surface area contributed by atoms with E-state index < -0.39 is 0 Å². The Morgan fingerprint density at radius 3 is 2.58 bits per heavy atom. The number of carbonyl (C=O) groups excluding carboxylic acids is 1. The van der Waals surface area contributed by atoms with E-state index in [9.17, 15) is 4.79 Å². The normalized spacial score (nSPS) is 38.2. The van der Waals surface area contributed by atoms with Crippen LogP contribution in [0.5, 0.6) is 0 Å². The smallest absolute Gasteiger partial charge is 0.305 e. The van der Waals surface area contributed by atoms with Crippen LogP contribution >= 0.6 is 0 Å². The molecule has 4 aliphatic carbocycles. The van der Waals surface area contributed by atoms with Crippen LogP contribution in [0, 0.1) is 34.5 Å². The SMILES string of the molecule is COCO[C@H]1CC[C@H]2[C@@H]3CC[C@H]4CC5(CC[C@]4(C)[C@H]3C(CC=CCCCCCCC(=O)OC)=C[C@]12C)OCCO5. The zero-order chi connectivity index (χ0) is 28.2. The zero-order valence-corrected chi connectivity index (χ0v) is 25.6. The van der Waals surface area contributed by atoms with Gasteiger partial charge in [0.15, 0.2) is 5.79 Å². The number of esters is 1. The van der Waals surface area contributed by atoms with E-state index in [-0.39, 0.29) is 23.3 Å². The first-order chi connectivity index (χ1) is 19.4. The molecule has 0 N–H and O–H groups in total. The highest BCUT2D eigenvalue weighted by atomic mass is 16.7. The molecule has 0 radical (unpaired) electrons. The minimum absolute atomic E-state index is 0.0826. The largest absolute Gasteiger partial charge is 0.469 e. The molecule has 7 atom stereocenters. The summed E-state index contributed by atoms with van der Waals surface area (Å²) in [6.07, 6.45) is 23.1. The number of unbranched alkanes of at least 4 members (excludes halogenated alkanes) is 4. The third kappa shape index (κ3) is 5.98. The van der Waals surface area contributed by atoms with Crippen LogP contribution in [0.2, 0.25) is 0 Å². The third-order valence-corrected chi connectivity index (χ3v) is 11.6. The zero-order valence-electron chi connectivity index (χ0n) is 25.6. The molecule has 3 saturated carbocycles. The van der Waals surface area contributed by atoms with Gasteiger partial charge in [-0.15, -0.1) is 0 Å². The van der Waals surface area contributed by atoms with Crippen LogP contribution in [-0.4, -0.2) is 52.1 Å². The lowest BCUT2D eigenvalue weighted by molar-refractivity contribution is -0.223. The number of fused-ring (bicyclic) bond motifs is 5.